The first-order valence-electron chi connectivity index (χ1n) is 8.20. The molecule has 0 bridgehead atoms. The van der Waals surface area contributed by atoms with Crippen LogP contribution < -0.4 is 0 Å². The Bertz CT molecular complexity index is 330. The molecule has 1 N–H and O–H groups in total. The van der Waals surface area contributed by atoms with Crippen LogP contribution in [0.15, 0.2) is 11.5 Å². The Hall–Kier alpha value is 1.65. The van der Waals surface area contributed by atoms with Gasteiger partial charge in [-0.25, -0.2) is 0 Å². The van der Waals surface area contributed by atoms with Crippen LogP contribution >= 0.6 is 0 Å². The van der Waals surface area contributed by atoms with Crippen LogP contribution in [0.3, 0.4) is 0 Å². The molecular weight excluding hydrogens is 318 g/mol. The first-order chi connectivity index (χ1) is 9.56. The predicted molar refractivity (Wildman–Crippen MR) is 101 cm³/mol. The zero-order valence-electron chi connectivity index (χ0n) is 13.0. The summed E-state index contributed by atoms with van der Waals surface area (Å²) in [6.07, 6.45) is 17.9. The SMILES string of the molecule is CCCCCCCCCCCCCCC=CS(=O)(=O)O.[NaH].[NaH]. The van der Waals surface area contributed by atoms with Crippen LogP contribution in [-0.2, 0) is 10.1 Å². The predicted octanol–water partition coefficient (Wildman–Crippen LogP) is 4.18. The molecule has 0 heterocycles. The van der Waals surface area contributed by atoms with Crippen LogP contribution in [0.4, 0.5) is 0 Å². The molecule has 124 valence electrons. The minimum absolute atomic E-state index is 0. The Balaban J connectivity index is -0.00000180. The van der Waals surface area contributed by atoms with Gasteiger partial charge in [0.1, 0.15) is 0 Å². The molecule has 0 aromatic carbocycles. The molecule has 0 rings (SSSR count). The van der Waals surface area contributed by atoms with Crippen molar-refractivity contribution in [2.24, 2.45) is 0 Å². The Morgan fingerprint density at radius 2 is 1.09 bits per heavy atom. The minimum atomic E-state index is -3.92. The van der Waals surface area contributed by atoms with Crippen molar-refractivity contribution in [1.82, 2.24) is 0 Å². The standard InChI is InChI=1S/C16H32O3S.2Na.2H/c1-2-3-4-5-6-7-8-9-10-11-12-13-14-15-16-20(17,18)19;;;;/h15-16H,2-14H2,1H3,(H,17,18,19);;;;. The van der Waals surface area contributed by atoms with Gasteiger partial charge in [0.2, 0.25) is 0 Å². The quantitative estimate of drug-likeness (QED) is 0.290. The van der Waals surface area contributed by atoms with Crippen molar-refractivity contribution < 1.29 is 13.0 Å². The van der Waals surface area contributed by atoms with E-state index in [9.17, 15) is 8.42 Å². The van der Waals surface area contributed by atoms with E-state index in [1.807, 2.05) is 0 Å². The van der Waals surface area contributed by atoms with Gasteiger partial charge in [-0.2, -0.15) is 8.42 Å². The first-order valence-corrected chi connectivity index (χ1v) is 9.70. The topological polar surface area (TPSA) is 54.4 Å². The van der Waals surface area contributed by atoms with Crippen LogP contribution in [0.2, 0.25) is 0 Å². The molecule has 0 atom stereocenters. The second kappa shape index (κ2) is 20.7. The fourth-order valence-electron chi connectivity index (χ4n) is 2.29. The van der Waals surface area contributed by atoms with E-state index in [0.717, 1.165) is 24.7 Å². The summed E-state index contributed by atoms with van der Waals surface area (Å²) >= 11 is 0. The van der Waals surface area contributed by atoms with Gasteiger partial charge in [0.15, 0.2) is 0 Å². The van der Waals surface area contributed by atoms with E-state index in [0.29, 0.717) is 0 Å². The average molecular weight is 352 g/mol. The van der Waals surface area contributed by atoms with Crippen molar-refractivity contribution in [2.45, 2.75) is 90.4 Å². The maximum atomic E-state index is 10.4. The van der Waals surface area contributed by atoms with E-state index in [2.05, 4.69) is 6.92 Å². The van der Waals surface area contributed by atoms with Gasteiger partial charge in [-0.05, 0) is 12.8 Å². The Labute approximate surface area is 182 Å². The zero-order chi connectivity index (χ0) is 15.1. The number of hydrogen-bond acceptors (Lipinski definition) is 2. The molecule has 0 aromatic rings. The van der Waals surface area contributed by atoms with Crippen LogP contribution in [0.5, 0.6) is 0 Å². The summed E-state index contributed by atoms with van der Waals surface area (Å²) in [6, 6.07) is 0. The van der Waals surface area contributed by atoms with Gasteiger partial charge in [0.25, 0.3) is 10.1 Å². The monoisotopic (exact) mass is 352 g/mol. The van der Waals surface area contributed by atoms with Gasteiger partial charge in [-0.3, -0.25) is 4.55 Å². The summed E-state index contributed by atoms with van der Waals surface area (Å²) in [5, 5.41) is 0.880. The molecular formula is C16H34Na2O3S. The van der Waals surface area contributed by atoms with Crippen molar-refractivity contribution >= 4 is 69.2 Å². The second-order valence-electron chi connectivity index (χ2n) is 5.56. The van der Waals surface area contributed by atoms with Crippen LogP contribution in [-0.4, -0.2) is 72.1 Å². The van der Waals surface area contributed by atoms with Crippen LogP contribution in [0.1, 0.15) is 90.4 Å². The van der Waals surface area contributed by atoms with Gasteiger partial charge < -0.3 is 0 Å². The summed E-state index contributed by atoms with van der Waals surface area (Å²) in [4.78, 5) is 0. The number of hydrogen-bond donors (Lipinski definition) is 1. The Morgan fingerprint density at radius 3 is 1.45 bits per heavy atom. The van der Waals surface area contributed by atoms with Crippen molar-refractivity contribution in [3.63, 3.8) is 0 Å². The van der Waals surface area contributed by atoms with Crippen LogP contribution in [0.25, 0.3) is 0 Å². The van der Waals surface area contributed by atoms with Gasteiger partial charge >= 0.3 is 59.1 Å². The van der Waals surface area contributed by atoms with Gasteiger partial charge in [0.05, 0.1) is 5.41 Å². The molecule has 6 heteroatoms. The number of allylic oxidation sites excluding steroid dienone is 1. The molecule has 0 saturated carbocycles. The molecule has 0 radical (unpaired) electrons. The average Bonchev–Trinajstić information content (AvgIpc) is 2.38. The molecule has 0 saturated heterocycles. The molecule has 0 fully saturated rings. The normalized spacial score (nSPS) is 11.2. The third kappa shape index (κ3) is 26.5. The van der Waals surface area contributed by atoms with Gasteiger partial charge in [0, 0.05) is 0 Å². The summed E-state index contributed by atoms with van der Waals surface area (Å²) in [7, 11) is -3.92. The Kier molecular flexibility index (Phi) is 26.8. The van der Waals surface area contributed by atoms with Crippen molar-refractivity contribution in [3.8, 4) is 0 Å². The fraction of sp³-hybridized carbons (Fsp3) is 0.875. The summed E-state index contributed by atoms with van der Waals surface area (Å²) in [6.45, 7) is 2.25. The number of unbranched alkanes of at least 4 members (excludes halogenated alkanes) is 12. The number of rotatable bonds is 14. The molecule has 0 amide bonds. The van der Waals surface area contributed by atoms with Crippen molar-refractivity contribution in [1.29, 1.82) is 0 Å². The maximum absolute atomic E-state index is 10.4. The van der Waals surface area contributed by atoms with E-state index in [4.69, 9.17) is 4.55 Å². The molecule has 0 aromatic heterocycles. The van der Waals surface area contributed by atoms with E-state index < -0.39 is 10.1 Å². The molecule has 0 aliphatic rings. The molecule has 22 heavy (non-hydrogen) atoms. The zero-order valence-corrected chi connectivity index (χ0v) is 13.8. The van der Waals surface area contributed by atoms with Gasteiger partial charge in [-0.15, -0.1) is 0 Å². The molecule has 0 unspecified atom stereocenters. The molecule has 0 aliphatic heterocycles. The Morgan fingerprint density at radius 1 is 0.727 bits per heavy atom. The third-order valence-electron chi connectivity index (χ3n) is 3.49. The summed E-state index contributed by atoms with van der Waals surface area (Å²) in [5.74, 6) is 0. The van der Waals surface area contributed by atoms with E-state index >= 15 is 0 Å². The van der Waals surface area contributed by atoms with E-state index in [1.54, 1.807) is 0 Å². The molecule has 0 spiro atoms. The van der Waals surface area contributed by atoms with Gasteiger partial charge in [-0.1, -0.05) is 83.6 Å². The van der Waals surface area contributed by atoms with Crippen molar-refractivity contribution in [2.75, 3.05) is 0 Å². The summed E-state index contributed by atoms with van der Waals surface area (Å²) < 4.78 is 29.3. The van der Waals surface area contributed by atoms with Crippen LogP contribution in [0, 0.1) is 0 Å². The van der Waals surface area contributed by atoms with Crippen molar-refractivity contribution in [3.05, 3.63) is 11.5 Å². The van der Waals surface area contributed by atoms with E-state index in [-0.39, 0.29) is 59.1 Å². The third-order valence-corrected chi connectivity index (χ3v) is 4.03. The van der Waals surface area contributed by atoms with E-state index in [1.165, 1.54) is 70.3 Å². The second-order valence-corrected chi connectivity index (χ2v) is 6.87. The molecule has 0 aliphatic carbocycles. The summed E-state index contributed by atoms with van der Waals surface area (Å²) in [5.41, 5.74) is 0. The first kappa shape index (κ1) is 28.5. The molecule has 3 nitrogen and oxygen atoms in total. The fourth-order valence-corrected chi connectivity index (χ4v) is 2.67.